The number of fused-ring (bicyclic) bond motifs is 2. The van der Waals surface area contributed by atoms with Gasteiger partial charge in [0.05, 0.1) is 25.3 Å². The lowest BCUT2D eigenvalue weighted by atomic mass is 10.0. The van der Waals surface area contributed by atoms with Gasteiger partial charge in [0.15, 0.2) is 11.6 Å². The maximum Gasteiger partial charge on any atom is 0.328 e. The fourth-order valence-electron chi connectivity index (χ4n) is 5.61. The summed E-state index contributed by atoms with van der Waals surface area (Å²) in [6.45, 7) is 11.8. The predicted octanol–water partition coefficient (Wildman–Crippen LogP) is 5.67. The van der Waals surface area contributed by atoms with E-state index in [1.807, 2.05) is 27.7 Å². The van der Waals surface area contributed by atoms with Crippen LogP contribution in [0.5, 0.6) is 11.5 Å². The Hall–Kier alpha value is -4.74. The molecule has 0 fully saturated rings. The molecule has 0 aliphatic heterocycles. The van der Waals surface area contributed by atoms with E-state index in [-0.39, 0.29) is 53.9 Å². The van der Waals surface area contributed by atoms with Crippen molar-refractivity contribution in [2.45, 2.75) is 67.0 Å². The zero-order chi connectivity index (χ0) is 34.6. The van der Waals surface area contributed by atoms with Gasteiger partial charge in [0, 0.05) is 47.8 Å². The van der Waals surface area contributed by atoms with Crippen molar-refractivity contribution in [2.24, 2.45) is 17.8 Å². The molecule has 1 amide bonds. The zero-order valence-corrected chi connectivity index (χ0v) is 28.4. The minimum atomic E-state index is -1.10. The van der Waals surface area contributed by atoms with E-state index in [1.54, 1.807) is 66.9 Å². The summed E-state index contributed by atoms with van der Waals surface area (Å²) >= 11 is 0. The van der Waals surface area contributed by atoms with Crippen LogP contribution in [0.15, 0.2) is 36.4 Å². The van der Waals surface area contributed by atoms with Crippen LogP contribution in [0.25, 0.3) is 21.8 Å². The number of carbonyl (C=O) groups excluding carboxylic acids is 3. The van der Waals surface area contributed by atoms with Gasteiger partial charge in [-0.05, 0) is 43.0 Å². The number of nitrogens with zero attached hydrogens (tertiary/aromatic N) is 5. The Morgan fingerprint density at radius 1 is 0.809 bits per heavy atom. The molecule has 0 bridgehead atoms. The van der Waals surface area contributed by atoms with Crippen molar-refractivity contribution in [1.29, 1.82) is 0 Å². The lowest BCUT2D eigenvalue weighted by Crippen LogP contribution is -2.38. The van der Waals surface area contributed by atoms with Gasteiger partial charge >= 0.3 is 5.97 Å². The van der Waals surface area contributed by atoms with Gasteiger partial charge < -0.3 is 19.5 Å². The van der Waals surface area contributed by atoms with E-state index in [0.29, 0.717) is 58.5 Å². The molecule has 1 unspecified atom stereocenters. The number of carboxylic acids is 1. The summed E-state index contributed by atoms with van der Waals surface area (Å²) < 4.78 is 13.7. The second-order valence-electron chi connectivity index (χ2n) is 12.8. The molecule has 0 saturated carbocycles. The van der Waals surface area contributed by atoms with E-state index in [0.717, 1.165) is 0 Å². The third-order valence-electron chi connectivity index (χ3n) is 8.10. The normalized spacial score (nSPS) is 12.3. The summed E-state index contributed by atoms with van der Waals surface area (Å²) in [5, 5.41) is 20.6. The molecule has 1 N–H and O–H groups in total. The molecule has 1 atom stereocenters. The Kier molecular flexibility index (Phi) is 11.0. The number of carboxylic acid groups (broad SMARTS) is 1. The molecule has 12 nitrogen and oxygen atoms in total. The number of Topliss-reactive ketones (excluding diaryl/α,β-unsaturated/α-hetero) is 2. The largest absolute Gasteiger partial charge is 0.497 e. The Morgan fingerprint density at radius 2 is 1.34 bits per heavy atom. The van der Waals surface area contributed by atoms with E-state index < -0.39 is 12.0 Å². The van der Waals surface area contributed by atoms with E-state index >= 15 is 0 Å². The fraction of sp³-hybridized carbons (Fsp3) is 0.486. The standard InChI is InChI=1S/C35H45N5O7/c1-20(2)18-38(30(41)19-39-28-16-23(46-7)11-13-25(28)31(36-39)33(42)21(3)4)15-9-10-27(35(44)45)40-29-17-24(47-8)12-14-26(29)32(37-40)34(43)22(5)6/h11-14,16-17,20-22,27H,9-10,15,18-19H2,1-8H3,(H,44,45). The van der Waals surface area contributed by atoms with Gasteiger partial charge in [0.25, 0.3) is 0 Å². The first-order valence-corrected chi connectivity index (χ1v) is 16.0. The van der Waals surface area contributed by atoms with E-state index in [1.165, 1.54) is 11.8 Å². The number of amides is 1. The number of ether oxygens (including phenoxy) is 2. The second-order valence-corrected chi connectivity index (χ2v) is 12.8. The van der Waals surface area contributed by atoms with Crippen molar-refractivity contribution < 1.29 is 33.8 Å². The molecule has 2 aromatic heterocycles. The van der Waals surface area contributed by atoms with Crippen molar-refractivity contribution in [3.05, 3.63) is 47.8 Å². The quantitative estimate of drug-likeness (QED) is 0.152. The minimum Gasteiger partial charge on any atom is -0.497 e. The van der Waals surface area contributed by atoms with Gasteiger partial charge in [-0.2, -0.15) is 10.2 Å². The molecule has 47 heavy (non-hydrogen) atoms. The zero-order valence-electron chi connectivity index (χ0n) is 28.4. The lowest BCUT2D eigenvalue weighted by molar-refractivity contribution is -0.141. The van der Waals surface area contributed by atoms with Crippen molar-refractivity contribution in [1.82, 2.24) is 24.5 Å². The van der Waals surface area contributed by atoms with Gasteiger partial charge in [0.2, 0.25) is 5.91 Å². The van der Waals surface area contributed by atoms with Crippen LogP contribution in [0, 0.1) is 17.8 Å². The third-order valence-corrected chi connectivity index (χ3v) is 8.10. The van der Waals surface area contributed by atoms with Gasteiger partial charge in [0.1, 0.15) is 35.5 Å². The third kappa shape index (κ3) is 7.64. The molecule has 0 radical (unpaired) electrons. The first-order chi connectivity index (χ1) is 22.3. The van der Waals surface area contributed by atoms with Crippen molar-refractivity contribution in [3.63, 3.8) is 0 Å². The molecule has 4 aromatic rings. The van der Waals surface area contributed by atoms with E-state index in [4.69, 9.17) is 9.47 Å². The first-order valence-electron chi connectivity index (χ1n) is 16.0. The fourth-order valence-corrected chi connectivity index (χ4v) is 5.61. The summed E-state index contributed by atoms with van der Waals surface area (Å²) in [5.41, 5.74) is 1.64. The molecule has 0 aliphatic carbocycles. The number of hydrogen-bond donors (Lipinski definition) is 1. The molecule has 252 valence electrons. The number of aromatic nitrogens is 4. The average molecular weight is 648 g/mol. The molecule has 0 saturated heterocycles. The Morgan fingerprint density at radius 3 is 1.85 bits per heavy atom. The predicted molar refractivity (Wildman–Crippen MR) is 178 cm³/mol. The number of aliphatic carboxylic acids is 1. The molecular formula is C35H45N5O7. The smallest absolute Gasteiger partial charge is 0.328 e. The van der Waals surface area contributed by atoms with Crippen LogP contribution in [0.4, 0.5) is 0 Å². The monoisotopic (exact) mass is 647 g/mol. The summed E-state index contributed by atoms with van der Waals surface area (Å²) in [5.74, 6) is -0.957. The number of benzene rings is 2. The number of carbonyl (C=O) groups is 4. The number of ketones is 2. The minimum absolute atomic E-state index is 0.103. The highest BCUT2D eigenvalue weighted by Gasteiger charge is 2.28. The Balaban J connectivity index is 1.60. The summed E-state index contributed by atoms with van der Waals surface area (Å²) in [4.78, 5) is 54.1. The van der Waals surface area contributed by atoms with Crippen LogP contribution < -0.4 is 9.47 Å². The van der Waals surface area contributed by atoms with Crippen molar-refractivity contribution in [3.8, 4) is 11.5 Å². The molecule has 2 aromatic carbocycles. The molecule has 0 spiro atoms. The Labute approximate surface area is 274 Å². The SMILES string of the molecule is COc1ccc2c(C(=O)C(C)C)nn(CC(=O)N(CCCC(C(=O)O)n3nc(C(=O)C(C)C)c4ccc(OC)cc43)CC(C)C)c2c1. The van der Waals surface area contributed by atoms with Gasteiger partial charge in [-0.1, -0.05) is 41.5 Å². The maximum absolute atomic E-state index is 13.8. The first kappa shape index (κ1) is 35.1. The molecular weight excluding hydrogens is 602 g/mol. The number of rotatable bonds is 16. The highest BCUT2D eigenvalue weighted by atomic mass is 16.5. The molecule has 0 aliphatic rings. The summed E-state index contributed by atoms with van der Waals surface area (Å²) in [7, 11) is 3.07. The van der Waals surface area contributed by atoms with Gasteiger partial charge in [-0.15, -0.1) is 0 Å². The van der Waals surface area contributed by atoms with Crippen LogP contribution in [0.1, 0.15) is 81.4 Å². The highest BCUT2D eigenvalue weighted by molar-refractivity contribution is 6.08. The molecule has 2 heterocycles. The topological polar surface area (TPSA) is 146 Å². The maximum atomic E-state index is 13.8. The second kappa shape index (κ2) is 14.8. The molecule has 12 heteroatoms. The molecule has 4 rings (SSSR count). The average Bonchev–Trinajstić information content (AvgIpc) is 3.58. The highest BCUT2D eigenvalue weighted by Crippen LogP contribution is 2.30. The van der Waals surface area contributed by atoms with Crippen molar-refractivity contribution in [2.75, 3.05) is 27.3 Å². The van der Waals surface area contributed by atoms with E-state index in [2.05, 4.69) is 10.2 Å². The summed E-state index contributed by atoms with van der Waals surface area (Å²) in [6.07, 6.45) is 0.522. The lowest BCUT2D eigenvalue weighted by Gasteiger charge is -2.25. The Bertz CT molecular complexity index is 1790. The van der Waals surface area contributed by atoms with Crippen LogP contribution in [-0.4, -0.2) is 80.3 Å². The number of methoxy groups -OCH3 is 2. The van der Waals surface area contributed by atoms with Gasteiger partial charge in [-0.3, -0.25) is 19.1 Å². The van der Waals surface area contributed by atoms with Crippen LogP contribution in [-0.2, 0) is 16.1 Å². The van der Waals surface area contributed by atoms with Crippen LogP contribution in [0.2, 0.25) is 0 Å². The summed E-state index contributed by atoms with van der Waals surface area (Å²) in [6, 6.07) is 9.36. The van der Waals surface area contributed by atoms with Crippen molar-refractivity contribution >= 4 is 45.2 Å². The van der Waals surface area contributed by atoms with Crippen LogP contribution in [0.3, 0.4) is 0 Å². The number of hydrogen-bond acceptors (Lipinski definition) is 8. The van der Waals surface area contributed by atoms with Gasteiger partial charge in [-0.25, -0.2) is 9.48 Å². The van der Waals surface area contributed by atoms with Crippen LogP contribution >= 0.6 is 0 Å². The van der Waals surface area contributed by atoms with E-state index in [9.17, 15) is 24.3 Å².